The summed E-state index contributed by atoms with van der Waals surface area (Å²) in [6.45, 7) is 8.57. The van der Waals surface area contributed by atoms with E-state index in [1.807, 2.05) is 6.08 Å². The largest absolute Gasteiger partial charge is 0.411 e. The Labute approximate surface area is 92.4 Å². The van der Waals surface area contributed by atoms with Gasteiger partial charge in [-0.25, -0.2) is 0 Å². The standard InChI is InChI=1S/C13H21NO/c1-10-6-5-9-13(3,4)12(10)8-7-11(2)14-15/h6-8,12,15H,5,9H2,1-4H3/b8-7+,14-11-/t12-/m1/s1. The molecule has 2 heteroatoms. The summed E-state index contributed by atoms with van der Waals surface area (Å²) in [6.07, 6.45) is 8.76. The first-order valence-electron chi connectivity index (χ1n) is 5.51. The Kier molecular flexibility index (Phi) is 3.72. The van der Waals surface area contributed by atoms with Gasteiger partial charge in [0.2, 0.25) is 0 Å². The summed E-state index contributed by atoms with van der Waals surface area (Å²) in [5, 5.41) is 11.7. The molecular weight excluding hydrogens is 186 g/mol. The Morgan fingerprint density at radius 2 is 2.27 bits per heavy atom. The Hall–Kier alpha value is -1.05. The fourth-order valence-corrected chi connectivity index (χ4v) is 2.25. The van der Waals surface area contributed by atoms with Crippen molar-refractivity contribution in [3.8, 4) is 0 Å². The van der Waals surface area contributed by atoms with Gasteiger partial charge in [0.05, 0.1) is 5.71 Å². The van der Waals surface area contributed by atoms with Crippen molar-refractivity contribution in [1.82, 2.24) is 0 Å². The number of allylic oxidation sites excluding steroid dienone is 4. The van der Waals surface area contributed by atoms with Crippen LogP contribution in [-0.4, -0.2) is 10.9 Å². The Morgan fingerprint density at radius 3 is 2.80 bits per heavy atom. The SMILES string of the molecule is CC1=CCCC(C)(C)[C@@H]1/C=C/C(C)=N\O. The lowest BCUT2D eigenvalue weighted by molar-refractivity contribution is 0.255. The van der Waals surface area contributed by atoms with Crippen molar-refractivity contribution >= 4 is 5.71 Å². The molecule has 0 saturated heterocycles. The van der Waals surface area contributed by atoms with Gasteiger partial charge in [0.1, 0.15) is 0 Å². The van der Waals surface area contributed by atoms with E-state index in [-0.39, 0.29) is 0 Å². The van der Waals surface area contributed by atoms with Gasteiger partial charge in [0.15, 0.2) is 0 Å². The molecule has 84 valence electrons. The number of nitrogens with zero attached hydrogens (tertiary/aromatic N) is 1. The predicted molar refractivity (Wildman–Crippen MR) is 64.3 cm³/mol. The van der Waals surface area contributed by atoms with Crippen molar-refractivity contribution in [2.45, 2.75) is 40.5 Å². The van der Waals surface area contributed by atoms with Gasteiger partial charge in [-0.2, -0.15) is 0 Å². The van der Waals surface area contributed by atoms with Gasteiger partial charge >= 0.3 is 0 Å². The molecule has 0 bridgehead atoms. The van der Waals surface area contributed by atoms with Crippen LogP contribution in [0.4, 0.5) is 0 Å². The zero-order valence-electron chi connectivity index (χ0n) is 10.1. The van der Waals surface area contributed by atoms with Crippen LogP contribution >= 0.6 is 0 Å². The van der Waals surface area contributed by atoms with Gasteiger partial charge in [-0.3, -0.25) is 0 Å². The van der Waals surface area contributed by atoms with Crippen molar-refractivity contribution in [2.24, 2.45) is 16.5 Å². The summed E-state index contributed by atoms with van der Waals surface area (Å²) in [4.78, 5) is 0. The lowest BCUT2D eigenvalue weighted by Gasteiger charge is -2.36. The second kappa shape index (κ2) is 4.65. The molecule has 0 fully saturated rings. The number of rotatable bonds is 2. The molecule has 0 radical (unpaired) electrons. The molecular formula is C13H21NO. The fourth-order valence-electron chi connectivity index (χ4n) is 2.25. The third-order valence-corrected chi connectivity index (χ3v) is 3.28. The van der Waals surface area contributed by atoms with E-state index < -0.39 is 0 Å². The topological polar surface area (TPSA) is 32.6 Å². The van der Waals surface area contributed by atoms with Gasteiger partial charge in [0.25, 0.3) is 0 Å². The van der Waals surface area contributed by atoms with E-state index >= 15 is 0 Å². The van der Waals surface area contributed by atoms with Crippen LogP contribution in [-0.2, 0) is 0 Å². The van der Waals surface area contributed by atoms with Gasteiger partial charge in [-0.05, 0) is 38.2 Å². The molecule has 1 rings (SSSR count). The Morgan fingerprint density at radius 1 is 1.60 bits per heavy atom. The highest BCUT2D eigenvalue weighted by Gasteiger charge is 2.30. The van der Waals surface area contributed by atoms with Crippen LogP contribution in [0.25, 0.3) is 0 Å². The van der Waals surface area contributed by atoms with Crippen molar-refractivity contribution in [3.63, 3.8) is 0 Å². The van der Waals surface area contributed by atoms with Crippen molar-refractivity contribution < 1.29 is 5.21 Å². The maximum Gasteiger partial charge on any atom is 0.0761 e. The molecule has 15 heavy (non-hydrogen) atoms. The molecule has 0 aromatic carbocycles. The highest BCUT2D eigenvalue weighted by molar-refractivity contribution is 5.92. The van der Waals surface area contributed by atoms with Crippen LogP contribution < -0.4 is 0 Å². The molecule has 1 atom stereocenters. The first kappa shape index (κ1) is 12.0. The van der Waals surface area contributed by atoms with E-state index in [4.69, 9.17) is 5.21 Å². The normalized spacial score (nSPS) is 26.8. The highest BCUT2D eigenvalue weighted by atomic mass is 16.4. The van der Waals surface area contributed by atoms with Gasteiger partial charge in [0, 0.05) is 5.92 Å². The van der Waals surface area contributed by atoms with Gasteiger partial charge < -0.3 is 5.21 Å². The molecule has 1 N–H and O–H groups in total. The molecule has 0 heterocycles. The second-order valence-electron chi connectivity index (χ2n) is 5.05. The van der Waals surface area contributed by atoms with Crippen molar-refractivity contribution in [3.05, 3.63) is 23.8 Å². The Balaban J connectivity index is 2.86. The average Bonchev–Trinajstić information content (AvgIpc) is 2.15. The maximum absolute atomic E-state index is 8.58. The second-order valence-corrected chi connectivity index (χ2v) is 5.05. The lowest BCUT2D eigenvalue weighted by atomic mass is 9.68. The van der Waals surface area contributed by atoms with E-state index in [1.165, 1.54) is 18.4 Å². The van der Waals surface area contributed by atoms with E-state index in [2.05, 4.69) is 38.1 Å². The predicted octanol–water partition coefficient (Wildman–Crippen LogP) is 3.78. The van der Waals surface area contributed by atoms with Crippen molar-refractivity contribution in [2.75, 3.05) is 0 Å². The van der Waals surface area contributed by atoms with E-state index in [1.54, 1.807) is 6.92 Å². The van der Waals surface area contributed by atoms with Crippen LogP contribution in [0.5, 0.6) is 0 Å². The Bertz CT molecular complexity index is 310. The summed E-state index contributed by atoms with van der Waals surface area (Å²) in [5.74, 6) is 0.461. The number of hydrogen-bond acceptors (Lipinski definition) is 2. The van der Waals surface area contributed by atoms with E-state index in [0.717, 1.165) is 0 Å². The molecule has 0 unspecified atom stereocenters. The van der Waals surface area contributed by atoms with Crippen LogP contribution in [0.15, 0.2) is 29.0 Å². The summed E-state index contributed by atoms with van der Waals surface area (Å²) in [6, 6.07) is 0. The minimum Gasteiger partial charge on any atom is -0.411 e. The lowest BCUT2D eigenvalue weighted by Crippen LogP contribution is -2.26. The van der Waals surface area contributed by atoms with E-state index in [0.29, 0.717) is 17.0 Å². The third-order valence-electron chi connectivity index (χ3n) is 3.28. The zero-order valence-corrected chi connectivity index (χ0v) is 10.1. The molecule has 0 aromatic rings. The summed E-state index contributed by atoms with van der Waals surface area (Å²) >= 11 is 0. The minimum absolute atomic E-state index is 0.311. The maximum atomic E-state index is 8.58. The first-order chi connectivity index (χ1) is 6.97. The van der Waals surface area contributed by atoms with Gasteiger partial charge in [-0.1, -0.05) is 36.7 Å². The highest BCUT2D eigenvalue weighted by Crippen LogP contribution is 2.41. The van der Waals surface area contributed by atoms with Crippen LogP contribution in [0.2, 0.25) is 0 Å². The van der Waals surface area contributed by atoms with Crippen LogP contribution in [0.1, 0.15) is 40.5 Å². The van der Waals surface area contributed by atoms with E-state index in [9.17, 15) is 0 Å². The number of oxime groups is 1. The molecule has 0 aliphatic heterocycles. The smallest absolute Gasteiger partial charge is 0.0761 e. The minimum atomic E-state index is 0.311. The summed E-state index contributed by atoms with van der Waals surface area (Å²) < 4.78 is 0. The quantitative estimate of drug-likeness (QED) is 0.318. The zero-order chi connectivity index (χ0) is 11.5. The van der Waals surface area contributed by atoms with Gasteiger partial charge in [-0.15, -0.1) is 0 Å². The molecule has 1 aliphatic rings. The average molecular weight is 207 g/mol. The fraction of sp³-hybridized carbons (Fsp3) is 0.615. The summed E-state index contributed by atoms with van der Waals surface area (Å²) in [5.41, 5.74) is 2.39. The van der Waals surface area contributed by atoms with Crippen molar-refractivity contribution in [1.29, 1.82) is 0 Å². The monoisotopic (exact) mass is 207 g/mol. The van der Waals surface area contributed by atoms with Crippen LogP contribution in [0.3, 0.4) is 0 Å². The number of hydrogen-bond donors (Lipinski definition) is 1. The molecule has 0 aromatic heterocycles. The summed E-state index contributed by atoms with van der Waals surface area (Å²) in [7, 11) is 0. The molecule has 0 spiro atoms. The first-order valence-corrected chi connectivity index (χ1v) is 5.51. The molecule has 0 saturated carbocycles. The molecule has 1 aliphatic carbocycles. The third kappa shape index (κ3) is 2.95. The van der Waals surface area contributed by atoms with Crippen LogP contribution in [0, 0.1) is 11.3 Å². The molecule has 2 nitrogen and oxygen atoms in total. The molecule has 0 amide bonds.